The number of halogens is 1. The van der Waals surface area contributed by atoms with Gasteiger partial charge >= 0.3 is 0 Å². The van der Waals surface area contributed by atoms with Crippen LogP contribution in [0.4, 0.5) is 4.39 Å². The van der Waals surface area contributed by atoms with Crippen molar-refractivity contribution in [1.29, 1.82) is 0 Å². The van der Waals surface area contributed by atoms with Crippen LogP contribution < -0.4 is 10.6 Å². The molecule has 0 amide bonds. The molecule has 0 unspecified atom stereocenters. The van der Waals surface area contributed by atoms with Crippen LogP contribution in [0, 0.1) is 5.82 Å². The molecule has 0 aromatic heterocycles. The second kappa shape index (κ2) is 11.5. The zero-order chi connectivity index (χ0) is 20.3. The second-order valence-electron chi connectivity index (χ2n) is 7.21. The molecule has 5 nitrogen and oxygen atoms in total. The third-order valence-corrected chi connectivity index (χ3v) is 4.86. The van der Waals surface area contributed by atoms with E-state index in [1.54, 1.807) is 12.1 Å². The molecular formula is C23H31FN4O. The Balaban J connectivity index is 1.52. The lowest BCUT2D eigenvalue weighted by Gasteiger charge is -2.26. The molecule has 3 rings (SSSR count). The van der Waals surface area contributed by atoms with Gasteiger partial charge in [0.2, 0.25) is 0 Å². The molecule has 0 saturated carbocycles. The number of hydrogen-bond donors (Lipinski definition) is 2. The van der Waals surface area contributed by atoms with Gasteiger partial charge in [-0.3, -0.25) is 4.90 Å². The van der Waals surface area contributed by atoms with Crippen molar-refractivity contribution in [3.63, 3.8) is 0 Å². The minimum atomic E-state index is -0.194. The molecule has 1 heterocycles. The highest BCUT2D eigenvalue weighted by Gasteiger charge is 2.10. The molecule has 2 aromatic rings. The number of hydrogen-bond acceptors (Lipinski definition) is 3. The van der Waals surface area contributed by atoms with Crippen molar-refractivity contribution in [3.8, 4) is 0 Å². The van der Waals surface area contributed by atoms with E-state index in [0.717, 1.165) is 57.3 Å². The van der Waals surface area contributed by atoms with E-state index in [0.29, 0.717) is 13.1 Å². The van der Waals surface area contributed by atoms with E-state index in [-0.39, 0.29) is 5.82 Å². The first-order valence-electron chi connectivity index (χ1n) is 10.4. The molecule has 1 saturated heterocycles. The summed E-state index contributed by atoms with van der Waals surface area (Å²) in [5.74, 6) is 0.586. The lowest BCUT2D eigenvalue weighted by atomic mass is 10.1. The molecule has 1 fully saturated rings. The number of morpholine rings is 1. The number of aliphatic imine (C=N–C) groups is 1. The Hall–Kier alpha value is -2.44. The normalized spacial score (nSPS) is 15.3. The molecule has 1 aliphatic rings. The van der Waals surface area contributed by atoms with E-state index >= 15 is 0 Å². The van der Waals surface area contributed by atoms with Crippen molar-refractivity contribution in [1.82, 2.24) is 15.5 Å². The smallest absolute Gasteiger partial charge is 0.191 e. The Morgan fingerprint density at radius 3 is 2.59 bits per heavy atom. The molecule has 2 aromatic carbocycles. The van der Waals surface area contributed by atoms with Crippen LogP contribution in [0.1, 0.15) is 23.6 Å². The average molecular weight is 399 g/mol. The summed E-state index contributed by atoms with van der Waals surface area (Å²) in [6.45, 7) is 8.72. The van der Waals surface area contributed by atoms with Crippen LogP contribution in [0.5, 0.6) is 0 Å². The van der Waals surface area contributed by atoms with Crippen LogP contribution in [0.2, 0.25) is 0 Å². The topological polar surface area (TPSA) is 48.9 Å². The Bertz CT molecular complexity index is 790. The monoisotopic (exact) mass is 398 g/mol. The molecule has 0 radical (unpaired) electrons. The van der Waals surface area contributed by atoms with E-state index < -0.39 is 0 Å². The molecular weight excluding hydrogens is 367 g/mol. The maximum absolute atomic E-state index is 13.3. The SMILES string of the molecule is CCNC(=NCc1cccc(CN2CCOCC2)c1)NCCc1cccc(F)c1. The summed E-state index contributed by atoms with van der Waals surface area (Å²) in [5.41, 5.74) is 3.48. The lowest BCUT2D eigenvalue weighted by Crippen LogP contribution is -2.38. The minimum Gasteiger partial charge on any atom is -0.379 e. The number of nitrogens with zero attached hydrogens (tertiary/aromatic N) is 2. The molecule has 6 heteroatoms. The Morgan fingerprint density at radius 1 is 1.03 bits per heavy atom. The van der Waals surface area contributed by atoms with E-state index in [1.807, 2.05) is 13.0 Å². The third kappa shape index (κ3) is 7.48. The van der Waals surface area contributed by atoms with Crippen LogP contribution in [0.15, 0.2) is 53.5 Å². The Kier molecular flexibility index (Phi) is 8.46. The fourth-order valence-electron chi connectivity index (χ4n) is 3.37. The summed E-state index contributed by atoms with van der Waals surface area (Å²) in [6.07, 6.45) is 0.747. The number of benzene rings is 2. The van der Waals surface area contributed by atoms with Crippen LogP contribution in [0.3, 0.4) is 0 Å². The Morgan fingerprint density at radius 2 is 1.79 bits per heavy atom. The Labute approximate surface area is 173 Å². The highest BCUT2D eigenvalue weighted by molar-refractivity contribution is 5.79. The zero-order valence-corrected chi connectivity index (χ0v) is 17.2. The summed E-state index contributed by atoms with van der Waals surface area (Å²) in [4.78, 5) is 7.13. The molecule has 156 valence electrons. The van der Waals surface area contributed by atoms with Gasteiger partial charge in [-0.2, -0.15) is 0 Å². The van der Waals surface area contributed by atoms with Crippen molar-refractivity contribution in [2.24, 2.45) is 4.99 Å². The van der Waals surface area contributed by atoms with E-state index in [9.17, 15) is 4.39 Å². The summed E-state index contributed by atoms with van der Waals surface area (Å²) in [6, 6.07) is 15.3. The predicted octanol–water partition coefficient (Wildman–Crippen LogP) is 2.96. The van der Waals surface area contributed by atoms with Crippen LogP contribution in [-0.4, -0.2) is 50.3 Å². The quantitative estimate of drug-likeness (QED) is 0.530. The van der Waals surface area contributed by atoms with Crippen molar-refractivity contribution in [3.05, 3.63) is 71.0 Å². The van der Waals surface area contributed by atoms with Crippen molar-refractivity contribution in [2.75, 3.05) is 39.4 Å². The van der Waals surface area contributed by atoms with Gasteiger partial charge in [0.05, 0.1) is 19.8 Å². The second-order valence-corrected chi connectivity index (χ2v) is 7.21. The number of rotatable bonds is 8. The van der Waals surface area contributed by atoms with Crippen molar-refractivity contribution in [2.45, 2.75) is 26.4 Å². The van der Waals surface area contributed by atoms with Gasteiger partial charge in [-0.05, 0) is 42.2 Å². The highest BCUT2D eigenvalue weighted by Crippen LogP contribution is 2.11. The molecule has 29 heavy (non-hydrogen) atoms. The van der Waals surface area contributed by atoms with Gasteiger partial charge in [0.15, 0.2) is 5.96 Å². The van der Waals surface area contributed by atoms with E-state index in [2.05, 4.69) is 39.8 Å². The summed E-state index contributed by atoms with van der Waals surface area (Å²) < 4.78 is 18.7. The van der Waals surface area contributed by atoms with Crippen LogP contribution in [-0.2, 0) is 24.2 Å². The zero-order valence-electron chi connectivity index (χ0n) is 17.2. The number of guanidine groups is 1. The van der Waals surface area contributed by atoms with Gasteiger partial charge in [-0.1, -0.05) is 36.4 Å². The van der Waals surface area contributed by atoms with Crippen molar-refractivity contribution < 1.29 is 9.13 Å². The van der Waals surface area contributed by atoms with Gasteiger partial charge in [-0.15, -0.1) is 0 Å². The number of nitrogens with one attached hydrogen (secondary N) is 2. The van der Waals surface area contributed by atoms with E-state index in [4.69, 9.17) is 9.73 Å². The van der Waals surface area contributed by atoms with Crippen LogP contribution >= 0.6 is 0 Å². The first-order chi connectivity index (χ1) is 14.2. The first kappa shape index (κ1) is 21.3. The summed E-state index contributed by atoms with van der Waals surface area (Å²) >= 11 is 0. The average Bonchev–Trinajstić information content (AvgIpc) is 2.73. The van der Waals surface area contributed by atoms with Crippen LogP contribution in [0.25, 0.3) is 0 Å². The molecule has 0 atom stereocenters. The van der Waals surface area contributed by atoms with Gasteiger partial charge < -0.3 is 15.4 Å². The first-order valence-corrected chi connectivity index (χ1v) is 10.4. The molecule has 2 N–H and O–H groups in total. The minimum absolute atomic E-state index is 0.194. The fraction of sp³-hybridized carbons (Fsp3) is 0.435. The van der Waals surface area contributed by atoms with Gasteiger partial charge in [0.1, 0.15) is 5.82 Å². The maximum Gasteiger partial charge on any atom is 0.191 e. The third-order valence-electron chi connectivity index (χ3n) is 4.86. The summed E-state index contributed by atoms with van der Waals surface area (Å²) in [5, 5.41) is 6.61. The molecule has 0 spiro atoms. The van der Waals surface area contributed by atoms with Gasteiger partial charge in [0.25, 0.3) is 0 Å². The largest absolute Gasteiger partial charge is 0.379 e. The van der Waals surface area contributed by atoms with Crippen molar-refractivity contribution >= 4 is 5.96 Å². The standard InChI is InChI=1S/C23H31FN4O/c1-2-25-23(26-10-9-19-5-4-8-22(24)16-19)27-17-20-6-3-7-21(15-20)18-28-11-13-29-14-12-28/h3-8,15-16H,2,9-14,17-18H2,1H3,(H2,25,26,27). The van der Waals surface area contributed by atoms with Gasteiger partial charge in [-0.25, -0.2) is 9.38 Å². The predicted molar refractivity (Wildman–Crippen MR) is 115 cm³/mol. The van der Waals surface area contributed by atoms with E-state index in [1.165, 1.54) is 17.2 Å². The number of ether oxygens (including phenoxy) is 1. The highest BCUT2D eigenvalue weighted by atomic mass is 19.1. The summed E-state index contributed by atoms with van der Waals surface area (Å²) in [7, 11) is 0. The maximum atomic E-state index is 13.3. The van der Waals surface area contributed by atoms with Gasteiger partial charge in [0, 0.05) is 32.7 Å². The fourth-order valence-corrected chi connectivity index (χ4v) is 3.37. The lowest BCUT2D eigenvalue weighted by molar-refractivity contribution is 0.0342. The molecule has 0 aliphatic carbocycles. The molecule has 0 bridgehead atoms. The molecule has 1 aliphatic heterocycles.